The largest absolute Gasteiger partial charge is 0.316 e. The van der Waals surface area contributed by atoms with E-state index in [1.165, 1.54) is 11.3 Å². The van der Waals surface area contributed by atoms with E-state index in [-0.39, 0.29) is 6.04 Å². The molecule has 6 heteroatoms. The van der Waals surface area contributed by atoms with Crippen LogP contribution in [-0.4, -0.2) is 21.5 Å². The maximum absolute atomic E-state index is 12.1. The SMILES string of the molecule is CNCc1csc(S(=O)(=O)NC(C)C2CC2)c1. The first-order chi connectivity index (χ1) is 8.03. The van der Waals surface area contributed by atoms with E-state index in [4.69, 9.17) is 0 Å². The van der Waals surface area contributed by atoms with Crippen LogP contribution in [0.1, 0.15) is 25.3 Å². The standard InChI is InChI=1S/C11H18N2O2S2/c1-8(10-3-4-10)13-17(14,15)11-5-9(6-12-2)7-16-11/h5,7-8,10,12-13H,3-4,6H2,1-2H3. The predicted molar refractivity (Wildman–Crippen MR) is 69.6 cm³/mol. The summed E-state index contributed by atoms with van der Waals surface area (Å²) in [5, 5.41) is 4.89. The van der Waals surface area contributed by atoms with E-state index < -0.39 is 10.0 Å². The van der Waals surface area contributed by atoms with Gasteiger partial charge >= 0.3 is 0 Å². The lowest BCUT2D eigenvalue weighted by atomic mass is 10.2. The minimum Gasteiger partial charge on any atom is -0.316 e. The summed E-state index contributed by atoms with van der Waals surface area (Å²) in [4.78, 5) is 0. The summed E-state index contributed by atoms with van der Waals surface area (Å²) in [5.41, 5.74) is 1.01. The van der Waals surface area contributed by atoms with Crippen molar-refractivity contribution in [1.29, 1.82) is 0 Å². The van der Waals surface area contributed by atoms with E-state index >= 15 is 0 Å². The Bertz CT molecular complexity index is 477. The Kier molecular flexibility index (Phi) is 3.87. The molecule has 1 fully saturated rings. The Balaban J connectivity index is 2.07. The number of sulfonamides is 1. The summed E-state index contributed by atoms with van der Waals surface area (Å²) in [6.45, 7) is 2.64. The zero-order valence-corrected chi connectivity index (χ0v) is 11.7. The van der Waals surface area contributed by atoms with Crippen LogP contribution < -0.4 is 10.0 Å². The lowest BCUT2D eigenvalue weighted by molar-refractivity contribution is 0.539. The van der Waals surface area contributed by atoms with Gasteiger partial charge in [0.05, 0.1) is 0 Å². The Morgan fingerprint density at radius 1 is 1.53 bits per heavy atom. The molecule has 1 aliphatic rings. The zero-order chi connectivity index (χ0) is 12.5. The molecule has 1 aromatic heterocycles. The molecule has 2 N–H and O–H groups in total. The maximum atomic E-state index is 12.1. The molecule has 1 heterocycles. The van der Waals surface area contributed by atoms with Crippen LogP contribution in [-0.2, 0) is 16.6 Å². The van der Waals surface area contributed by atoms with Crippen molar-refractivity contribution in [2.24, 2.45) is 5.92 Å². The molecule has 1 aliphatic carbocycles. The van der Waals surface area contributed by atoms with Gasteiger partial charge in [0.15, 0.2) is 0 Å². The second-order valence-corrected chi connectivity index (χ2v) is 7.40. The fraction of sp³-hybridized carbons (Fsp3) is 0.636. The highest BCUT2D eigenvalue weighted by molar-refractivity contribution is 7.91. The minimum absolute atomic E-state index is 0.0508. The number of rotatable bonds is 6. The fourth-order valence-electron chi connectivity index (χ4n) is 1.79. The Morgan fingerprint density at radius 2 is 2.24 bits per heavy atom. The smallest absolute Gasteiger partial charge is 0.250 e. The van der Waals surface area contributed by atoms with E-state index in [0.717, 1.165) is 18.4 Å². The highest BCUT2D eigenvalue weighted by Crippen LogP contribution is 2.33. The highest BCUT2D eigenvalue weighted by Gasteiger charge is 2.31. The summed E-state index contributed by atoms with van der Waals surface area (Å²) in [5.74, 6) is 0.529. The number of hydrogen-bond acceptors (Lipinski definition) is 4. The Morgan fingerprint density at radius 3 is 2.82 bits per heavy atom. The van der Waals surface area contributed by atoms with Gasteiger partial charge in [-0.25, -0.2) is 13.1 Å². The molecule has 0 amide bonds. The van der Waals surface area contributed by atoms with Crippen molar-refractivity contribution in [3.05, 3.63) is 17.0 Å². The average Bonchev–Trinajstić information content (AvgIpc) is 2.99. The molecule has 0 aromatic carbocycles. The van der Waals surface area contributed by atoms with Crippen molar-refractivity contribution in [2.75, 3.05) is 7.05 Å². The number of nitrogens with one attached hydrogen (secondary N) is 2. The quantitative estimate of drug-likeness (QED) is 0.827. The van der Waals surface area contributed by atoms with E-state index in [0.29, 0.717) is 16.7 Å². The van der Waals surface area contributed by atoms with E-state index in [1.807, 2.05) is 19.4 Å². The van der Waals surface area contributed by atoms with Gasteiger partial charge < -0.3 is 5.32 Å². The van der Waals surface area contributed by atoms with Gasteiger partial charge in [0.1, 0.15) is 4.21 Å². The summed E-state index contributed by atoms with van der Waals surface area (Å²) < 4.78 is 27.3. The zero-order valence-electron chi connectivity index (χ0n) is 10.1. The summed E-state index contributed by atoms with van der Waals surface area (Å²) in [7, 11) is -1.47. The van der Waals surface area contributed by atoms with Gasteiger partial charge in [0.25, 0.3) is 0 Å². The van der Waals surface area contributed by atoms with Crippen LogP contribution in [0.5, 0.6) is 0 Å². The first kappa shape index (κ1) is 13.0. The molecule has 1 saturated carbocycles. The van der Waals surface area contributed by atoms with E-state index in [2.05, 4.69) is 10.0 Å². The van der Waals surface area contributed by atoms with Gasteiger partial charge in [-0.05, 0) is 49.7 Å². The van der Waals surface area contributed by atoms with Crippen molar-refractivity contribution in [2.45, 2.75) is 36.6 Å². The second kappa shape index (κ2) is 5.06. The van der Waals surface area contributed by atoms with Crippen LogP contribution in [0.25, 0.3) is 0 Å². The topological polar surface area (TPSA) is 58.2 Å². The molecule has 0 radical (unpaired) electrons. The normalized spacial score (nSPS) is 18.2. The number of thiophene rings is 1. The molecule has 1 unspecified atom stereocenters. The Labute approximate surface area is 106 Å². The van der Waals surface area contributed by atoms with E-state index in [1.54, 1.807) is 6.07 Å². The third kappa shape index (κ3) is 3.28. The third-order valence-electron chi connectivity index (χ3n) is 2.95. The number of hydrogen-bond donors (Lipinski definition) is 2. The molecule has 17 heavy (non-hydrogen) atoms. The second-order valence-electron chi connectivity index (χ2n) is 4.55. The van der Waals surface area contributed by atoms with E-state index in [9.17, 15) is 8.42 Å². The molecule has 0 bridgehead atoms. The molecule has 1 atom stereocenters. The van der Waals surface area contributed by atoms with Gasteiger partial charge in [-0.1, -0.05) is 0 Å². The summed E-state index contributed by atoms with van der Waals surface area (Å²) in [6.07, 6.45) is 2.28. The minimum atomic E-state index is -3.32. The van der Waals surface area contributed by atoms with Crippen molar-refractivity contribution in [3.8, 4) is 0 Å². The monoisotopic (exact) mass is 274 g/mol. The Hall–Kier alpha value is -0.430. The molecule has 96 valence electrons. The van der Waals surface area contributed by atoms with Crippen molar-refractivity contribution in [3.63, 3.8) is 0 Å². The summed E-state index contributed by atoms with van der Waals surface area (Å²) >= 11 is 1.28. The van der Waals surface area contributed by atoms with Crippen molar-refractivity contribution in [1.82, 2.24) is 10.0 Å². The van der Waals surface area contributed by atoms with Crippen LogP contribution in [0.3, 0.4) is 0 Å². The molecule has 0 spiro atoms. The maximum Gasteiger partial charge on any atom is 0.250 e. The molecule has 0 aliphatic heterocycles. The highest BCUT2D eigenvalue weighted by atomic mass is 32.2. The van der Waals surface area contributed by atoms with Crippen LogP contribution in [0.15, 0.2) is 15.7 Å². The van der Waals surface area contributed by atoms with Crippen LogP contribution in [0.2, 0.25) is 0 Å². The molecular formula is C11H18N2O2S2. The van der Waals surface area contributed by atoms with Crippen molar-refractivity contribution >= 4 is 21.4 Å². The van der Waals surface area contributed by atoms with Gasteiger partial charge in [-0.15, -0.1) is 11.3 Å². The molecule has 0 saturated heterocycles. The molecule has 1 aromatic rings. The predicted octanol–water partition coefficient (Wildman–Crippen LogP) is 1.54. The van der Waals surface area contributed by atoms with Gasteiger partial charge in [-0.3, -0.25) is 0 Å². The van der Waals surface area contributed by atoms with Gasteiger partial charge in [0, 0.05) is 12.6 Å². The van der Waals surface area contributed by atoms with Crippen LogP contribution in [0, 0.1) is 5.92 Å². The fourth-order valence-corrected chi connectivity index (χ4v) is 4.32. The van der Waals surface area contributed by atoms with Gasteiger partial charge in [0.2, 0.25) is 10.0 Å². The average molecular weight is 274 g/mol. The first-order valence-electron chi connectivity index (χ1n) is 5.77. The molecular weight excluding hydrogens is 256 g/mol. The molecule has 2 rings (SSSR count). The lowest BCUT2D eigenvalue weighted by Gasteiger charge is -2.11. The molecule has 4 nitrogen and oxygen atoms in total. The van der Waals surface area contributed by atoms with Crippen LogP contribution >= 0.6 is 11.3 Å². The van der Waals surface area contributed by atoms with Gasteiger partial charge in [-0.2, -0.15) is 0 Å². The van der Waals surface area contributed by atoms with Crippen molar-refractivity contribution < 1.29 is 8.42 Å². The summed E-state index contributed by atoms with van der Waals surface area (Å²) in [6, 6.07) is 1.79. The third-order valence-corrected chi connectivity index (χ3v) is 5.99. The van der Waals surface area contributed by atoms with Crippen LogP contribution in [0.4, 0.5) is 0 Å². The lowest BCUT2D eigenvalue weighted by Crippen LogP contribution is -2.33. The first-order valence-corrected chi connectivity index (χ1v) is 8.13.